The van der Waals surface area contributed by atoms with Crippen molar-refractivity contribution in [1.82, 2.24) is 9.78 Å². The lowest BCUT2D eigenvalue weighted by atomic mass is 10.2. The van der Waals surface area contributed by atoms with Crippen LogP contribution in [0.5, 0.6) is 0 Å². The topological polar surface area (TPSA) is 67.2 Å². The fourth-order valence-corrected chi connectivity index (χ4v) is 2.08. The van der Waals surface area contributed by atoms with Gasteiger partial charge in [-0.15, -0.1) is 0 Å². The second-order valence-corrected chi connectivity index (χ2v) is 5.32. The molecule has 1 heterocycles. The van der Waals surface area contributed by atoms with E-state index in [4.69, 9.17) is 0 Å². The normalized spacial score (nSPS) is 12.4. The molecule has 5 nitrogen and oxygen atoms in total. The zero-order valence-corrected chi connectivity index (χ0v) is 13.1. The number of aliphatic hydroxyl groups excluding tert-OH is 1. The molecule has 19 heavy (non-hydrogen) atoms. The molecule has 0 fully saturated rings. The second-order valence-electron chi connectivity index (χ2n) is 4.53. The number of nitrogens with zero attached hydrogens (tertiary/aromatic N) is 2. The number of rotatable bonds is 8. The number of halogens is 1. The molecule has 0 amide bonds. The lowest BCUT2D eigenvalue weighted by Crippen LogP contribution is -2.25. The quantitative estimate of drug-likeness (QED) is 0.767. The number of aromatic nitrogens is 2. The lowest BCUT2D eigenvalue weighted by molar-refractivity contribution is 0.164. The van der Waals surface area contributed by atoms with Gasteiger partial charge in [-0.2, -0.15) is 5.10 Å². The van der Waals surface area contributed by atoms with Crippen LogP contribution in [0, 0.1) is 0 Å². The third-order valence-corrected chi connectivity index (χ3v) is 3.74. The number of aliphatic hydroxyl groups is 1. The minimum Gasteiger partial charge on any atom is -0.393 e. The van der Waals surface area contributed by atoms with Crippen LogP contribution >= 0.6 is 15.9 Å². The highest BCUT2D eigenvalue weighted by Gasteiger charge is 2.08. The summed E-state index contributed by atoms with van der Waals surface area (Å²) in [5.74, 6) is 0. The van der Waals surface area contributed by atoms with Crippen molar-refractivity contribution in [2.24, 2.45) is 0 Å². The van der Waals surface area contributed by atoms with E-state index >= 15 is 0 Å². The zero-order chi connectivity index (χ0) is 14.3. The van der Waals surface area contributed by atoms with Gasteiger partial charge in [0, 0.05) is 13.1 Å². The number of unbranched alkanes of at least 4 members (excludes halogenated alkanes) is 1. The molecule has 1 aromatic rings. The maximum Gasteiger partial charge on any atom is 0.283 e. The van der Waals surface area contributed by atoms with Crippen molar-refractivity contribution in [3.05, 3.63) is 21.0 Å². The van der Waals surface area contributed by atoms with Gasteiger partial charge in [0.1, 0.15) is 4.47 Å². The summed E-state index contributed by atoms with van der Waals surface area (Å²) in [5.41, 5.74) is 0.565. The molecule has 0 bridgehead atoms. The molecule has 0 radical (unpaired) electrons. The minimum absolute atomic E-state index is 0.116. The molecule has 0 aromatic carbocycles. The zero-order valence-electron chi connectivity index (χ0n) is 11.5. The van der Waals surface area contributed by atoms with Gasteiger partial charge < -0.3 is 10.4 Å². The summed E-state index contributed by atoms with van der Waals surface area (Å²) in [5, 5.41) is 16.7. The van der Waals surface area contributed by atoms with Crippen LogP contribution in [0.2, 0.25) is 0 Å². The van der Waals surface area contributed by atoms with Crippen LogP contribution in [-0.2, 0) is 6.54 Å². The molecule has 1 rings (SSSR count). The minimum atomic E-state index is -0.302. The van der Waals surface area contributed by atoms with Crippen molar-refractivity contribution in [1.29, 1.82) is 0 Å². The van der Waals surface area contributed by atoms with E-state index in [2.05, 4.69) is 33.3 Å². The first kappa shape index (κ1) is 16.2. The largest absolute Gasteiger partial charge is 0.393 e. The number of hydrogen-bond donors (Lipinski definition) is 2. The van der Waals surface area contributed by atoms with Gasteiger partial charge in [0.15, 0.2) is 0 Å². The average molecular weight is 332 g/mol. The number of anilines is 1. The molecule has 2 N–H and O–H groups in total. The third kappa shape index (κ3) is 4.95. The van der Waals surface area contributed by atoms with E-state index < -0.39 is 0 Å². The van der Waals surface area contributed by atoms with Gasteiger partial charge in [0.05, 0.1) is 18.0 Å². The third-order valence-electron chi connectivity index (χ3n) is 2.97. The molecule has 1 unspecified atom stereocenters. The van der Waals surface area contributed by atoms with Crippen LogP contribution in [0.4, 0.5) is 5.69 Å². The lowest BCUT2D eigenvalue weighted by Gasteiger charge is -2.12. The Kier molecular flexibility index (Phi) is 7.09. The van der Waals surface area contributed by atoms with Gasteiger partial charge >= 0.3 is 0 Å². The van der Waals surface area contributed by atoms with Crippen LogP contribution in [0.15, 0.2) is 15.5 Å². The van der Waals surface area contributed by atoms with Crippen molar-refractivity contribution < 1.29 is 5.11 Å². The molecular weight excluding hydrogens is 310 g/mol. The molecule has 6 heteroatoms. The molecule has 108 valence electrons. The van der Waals surface area contributed by atoms with E-state index in [0.29, 0.717) is 29.7 Å². The first-order valence-electron chi connectivity index (χ1n) is 6.77. The molecule has 0 aliphatic heterocycles. The average Bonchev–Trinajstić information content (AvgIpc) is 2.42. The monoisotopic (exact) mass is 331 g/mol. The van der Waals surface area contributed by atoms with E-state index in [1.807, 2.05) is 6.92 Å². The summed E-state index contributed by atoms with van der Waals surface area (Å²) in [4.78, 5) is 12.0. The molecular formula is C13H22BrN3O2. The summed E-state index contributed by atoms with van der Waals surface area (Å²) in [7, 11) is 0. The van der Waals surface area contributed by atoms with E-state index in [1.165, 1.54) is 4.68 Å². The van der Waals surface area contributed by atoms with Crippen LogP contribution in [-0.4, -0.2) is 27.5 Å². The Hall–Kier alpha value is -0.880. The Morgan fingerprint density at radius 2 is 2.26 bits per heavy atom. The molecule has 0 aliphatic carbocycles. The first-order chi connectivity index (χ1) is 9.10. The van der Waals surface area contributed by atoms with Crippen molar-refractivity contribution >= 4 is 21.6 Å². The highest BCUT2D eigenvalue weighted by molar-refractivity contribution is 9.10. The Morgan fingerprint density at radius 1 is 1.53 bits per heavy atom. The maximum absolute atomic E-state index is 12.0. The first-order valence-corrected chi connectivity index (χ1v) is 7.57. The van der Waals surface area contributed by atoms with Crippen molar-refractivity contribution in [3.8, 4) is 0 Å². The highest BCUT2D eigenvalue weighted by Crippen LogP contribution is 2.16. The number of aryl methyl sites for hydroxylation is 1. The fourth-order valence-electron chi connectivity index (χ4n) is 1.63. The standard InChI is InChI=1S/C13H22BrN3O2/c1-3-5-8-17-13(19)12(14)11(9-16-17)15-7-6-10(18)4-2/h9-10,15,18H,3-8H2,1-2H3. The molecule has 0 spiro atoms. The van der Waals surface area contributed by atoms with Gasteiger partial charge in [0.25, 0.3) is 5.56 Å². The van der Waals surface area contributed by atoms with Gasteiger partial charge in [-0.3, -0.25) is 4.79 Å². The summed E-state index contributed by atoms with van der Waals surface area (Å²) in [6.45, 7) is 5.28. The van der Waals surface area contributed by atoms with Gasteiger partial charge in [-0.1, -0.05) is 20.3 Å². The summed E-state index contributed by atoms with van der Waals surface area (Å²) in [6, 6.07) is 0. The van der Waals surface area contributed by atoms with E-state index in [0.717, 1.165) is 19.3 Å². The molecule has 1 aromatic heterocycles. The molecule has 0 saturated heterocycles. The van der Waals surface area contributed by atoms with Gasteiger partial charge in [-0.25, -0.2) is 4.68 Å². The molecule has 0 saturated carbocycles. The fraction of sp³-hybridized carbons (Fsp3) is 0.692. The van der Waals surface area contributed by atoms with Crippen LogP contribution in [0.1, 0.15) is 39.5 Å². The van der Waals surface area contributed by atoms with Crippen LogP contribution < -0.4 is 10.9 Å². The SMILES string of the molecule is CCCCn1ncc(NCCC(O)CC)c(Br)c1=O. The van der Waals surface area contributed by atoms with Crippen molar-refractivity contribution in [2.75, 3.05) is 11.9 Å². The Morgan fingerprint density at radius 3 is 2.89 bits per heavy atom. The Bertz CT molecular complexity index is 448. The number of nitrogens with one attached hydrogen (secondary N) is 1. The van der Waals surface area contributed by atoms with E-state index in [-0.39, 0.29) is 11.7 Å². The Balaban J connectivity index is 2.65. The predicted octanol–water partition coefficient (Wildman–Crippen LogP) is 2.38. The van der Waals surface area contributed by atoms with Gasteiger partial charge in [-0.05, 0) is 35.2 Å². The Labute approximate surface area is 122 Å². The molecule has 0 aliphatic rings. The summed E-state index contributed by atoms with van der Waals surface area (Å²) >= 11 is 3.31. The summed E-state index contributed by atoms with van der Waals surface area (Å²) in [6.07, 6.45) is 4.71. The smallest absolute Gasteiger partial charge is 0.283 e. The second kappa shape index (κ2) is 8.32. The number of hydrogen-bond acceptors (Lipinski definition) is 4. The van der Waals surface area contributed by atoms with Crippen molar-refractivity contribution in [2.45, 2.75) is 52.2 Å². The predicted molar refractivity (Wildman–Crippen MR) is 80.5 cm³/mol. The highest BCUT2D eigenvalue weighted by atomic mass is 79.9. The maximum atomic E-state index is 12.0. The van der Waals surface area contributed by atoms with Crippen LogP contribution in [0.3, 0.4) is 0 Å². The van der Waals surface area contributed by atoms with Crippen molar-refractivity contribution in [3.63, 3.8) is 0 Å². The van der Waals surface area contributed by atoms with E-state index in [1.54, 1.807) is 6.20 Å². The summed E-state index contributed by atoms with van der Waals surface area (Å²) < 4.78 is 1.98. The molecule has 1 atom stereocenters. The van der Waals surface area contributed by atoms with E-state index in [9.17, 15) is 9.90 Å². The van der Waals surface area contributed by atoms with Gasteiger partial charge in [0.2, 0.25) is 0 Å². The van der Waals surface area contributed by atoms with Crippen LogP contribution in [0.25, 0.3) is 0 Å².